The van der Waals surface area contributed by atoms with Crippen molar-refractivity contribution >= 4 is 17.4 Å². The molecule has 8 nitrogen and oxygen atoms in total. The normalized spacial score (nSPS) is 10.4. The van der Waals surface area contributed by atoms with E-state index in [-0.39, 0.29) is 11.3 Å². The summed E-state index contributed by atoms with van der Waals surface area (Å²) in [6.45, 7) is 0.613. The molecule has 0 bridgehead atoms. The number of nitrogens with one attached hydrogen (secondary N) is 1. The quantitative estimate of drug-likeness (QED) is 0.669. The Labute approximate surface area is 109 Å². The summed E-state index contributed by atoms with van der Waals surface area (Å²) in [6.07, 6.45) is 3.74. The van der Waals surface area contributed by atoms with Crippen molar-refractivity contribution in [2.24, 2.45) is 12.8 Å². The molecule has 0 atom stereocenters. The van der Waals surface area contributed by atoms with Gasteiger partial charge in [0.05, 0.1) is 17.4 Å². The van der Waals surface area contributed by atoms with Gasteiger partial charge in [0, 0.05) is 20.0 Å². The van der Waals surface area contributed by atoms with Crippen molar-refractivity contribution in [1.82, 2.24) is 19.7 Å². The van der Waals surface area contributed by atoms with E-state index < -0.39 is 5.91 Å². The van der Waals surface area contributed by atoms with Crippen LogP contribution in [0.5, 0.6) is 0 Å². The number of aromatic nitrogens is 4. The number of carbonyl (C=O) groups excluding carboxylic acids is 1. The summed E-state index contributed by atoms with van der Waals surface area (Å²) in [7, 11) is 1.88. The molecule has 0 aromatic carbocycles. The summed E-state index contributed by atoms with van der Waals surface area (Å²) in [5.74, 6) is 0.833. The molecule has 0 spiro atoms. The van der Waals surface area contributed by atoms with Crippen LogP contribution in [0.3, 0.4) is 0 Å². The third-order valence-electron chi connectivity index (χ3n) is 2.66. The van der Waals surface area contributed by atoms with Gasteiger partial charge in [-0.3, -0.25) is 4.79 Å². The molecule has 100 valence electrons. The number of carbonyl (C=O) groups is 1. The molecule has 2 aromatic heterocycles. The lowest BCUT2D eigenvalue weighted by atomic mass is 10.2. The molecule has 2 rings (SSSR count). The van der Waals surface area contributed by atoms with Crippen molar-refractivity contribution in [1.29, 1.82) is 0 Å². The number of rotatable bonds is 5. The zero-order valence-electron chi connectivity index (χ0n) is 10.5. The maximum absolute atomic E-state index is 11.1. The largest absolute Gasteiger partial charge is 0.397 e. The van der Waals surface area contributed by atoms with Crippen molar-refractivity contribution in [3.63, 3.8) is 0 Å². The highest BCUT2D eigenvalue weighted by molar-refractivity contribution is 5.98. The second kappa shape index (κ2) is 5.34. The van der Waals surface area contributed by atoms with E-state index in [4.69, 9.17) is 11.5 Å². The van der Waals surface area contributed by atoms with Crippen molar-refractivity contribution in [2.75, 3.05) is 17.6 Å². The smallest absolute Gasteiger partial charge is 0.250 e. The van der Waals surface area contributed by atoms with Gasteiger partial charge in [-0.05, 0) is 6.07 Å². The van der Waals surface area contributed by atoms with E-state index in [2.05, 4.69) is 20.5 Å². The average Bonchev–Trinajstić information content (AvgIpc) is 2.77. The maximum Gasteiger partial charge on any atom is 0.250 e. The standard InChI is InChI=1S/C11H15N7O/c1-18-6-16-17-10(18)2-3-14-9-4-7(11(13)19)8(12)5-15-9/h4-6H,2-3,12H2,1H3,(H2,13,19)(H,14,15). The molecule has 0 fully saturated rings. The maximum atomic E-state index is 11.1. The van der Waals surface area contributed by atoms with Crippen LogP contribution in [-0.4, -0.2) is 32.2 Å². The van der Waals surface area contributed by atoms with Gasteiger partial charge >= 0.3 is 0 Å². The van der Waals surface area contributed by atoms with E-state index in [1.54, 1.807) is 6.33 Å². The number of anilines is 2. The van der Waals surface area contributed by atoms with Crippen molar-refractivity contribution in [3.05, 3.63) is 30.0 Å². The first-order valence-corrected chi connectivity index (χ1v) is 5.70. The topological polar surface area (TPSA) is 125 Å². The minimum atomic E-state index is -0.573. The third kappa shape index (κ3) is 2.97. The van der Waals surface area contributed by atoms with Crippen molar-refractivity contribution in [3.8, 4) is 0 Å². The molecule has 0 aliphatic carbocycles. The highest BCUT2D eigenvalue weighted by atomic mass is 16.1. The molecule has 2 aromatic rings. The van der Waals surface area contributed by atoms with Crippen LogP contribution in [0.25, 0.3) is 0 Å². The number of pyridine rings is 1. The van der Waals surface area contributed by atoms with Crippen LogP contribution in [0.1, 0.15) is 16.2 Å². The number of hydrogen-bond donors (Lipinski definition) is 3. The zero-order valence-corrected chi connectivity index (χ0v) is 10.5. The molecule has 8 heteroatoms. The van der Waals surface area contributed by atoms with Crippen LogP contribution >= 0.6 is 0 Å². The Balaban J connectivity index is 1.98. The van der Waals surface area contributed by atoms with Crippen LogP contribution in [0.4, 0.5) is 11.5 Å². The van der Waals surface area contributed by atoms with Gasteiger partial charge in [-0.25, -0.2) is 4.98 Å². The van der Waals surface area contributed by atoms with Gasteiger partial charge in [0.15, 0.2) is 0 Å². The summed E-state index contributed by atoms with van der Waals surface area (Å²) < 4.78 is 1.84. The molecule has 2 heterocycles. The fraction of sp³-hybridized carbons (Fsp3) is 0.273. The second-order valence-electron chi connectivity index (χ2n) is 4.06. The lowest BCUT2D eigenvalue weighted by Gasteiger charge is -2.07. The number of nitrogens with two attached hydrogens (primary N) is 2. The summed E-state index contributed by atoms with van der Waals surface area (Å²) in [6, 6.07) is 1.54. The van der Waals surface area contributed by atoms with Crippen molar-refractivity contribution < 1.29 is 4.79 Å². The van der Waals surface area contributed by atoms with E-state index in [1.165, 1.54) is 12.3 Å². The number of nitrogen functional groups attached to an aromatic ring is 1. The van der Waals surface area contributed by atoms with Gasteiger partial charge in [-0.2, -0.15) is 0 Å². The van der Waals surface area contributed by atoms with Crippen LogP contribution in [0.15, 0.2) is 18.6 Å². The molecule has 0 aliphatic rings. The minimum absolute atomic E-state index is 0.260. The fourth-order valence-corrected chi connectivity index (χ4v) is 1.61. The second-order valence-corrected chi connectivity index (χ2v) is 4.06. The Morgan fingerprint density at radius 3 is 2.95 bits per heavy atom. The number of amides is 1. The first-order valence-electron chi connectivity index (χ1n) is 5.70. The molecular weight excluding hydrogens is 246 g/mol. The third-order valence-corrected chi connectivity index (χ3v) is 2.66. The minimum Gasteiger partial charge on any atom is -0.397 e. The predicted molar refractivity (Wildman–Crippen MR) is 70.4 cm³/mol. The molecule has 5 N–H and O–H groups in total. The summed E-state index contributed by atoms with van der Waals surface area (Å²) in [5.41, 5.74) is 11.3. The summed E-state index contributed by atoms with van der Waals surface area (Å²) in [5, 5.41) is 10.8. The van der Waals surface area contributed by atoms with E-state index in [9.17, 15) is 4.79 Å². The Morgan fingerprint density at radius 2 is 2.32 bits per heavy atom. The summed E-state index contributed by atoms with van der Waals surface area (Å²) in [4.78, 5) is 15.2. The Hall–Kier alpha value is -2.64. The number of hydrogen-bond acceptors (Lipinski definition) is 6. The molecule has 0 unspecified atom stereocenters. The van der Waals surface area contributed by atoms with Gasteiger partial charge in [-0.15, -0.1) is 10.2 Å². The monoisotopic (exact) mass is 261 g/mol. The van der Waals surface area contributed by atoms with Crippen LogP contribution in [-0.2, 0) is 13.5 Å². The van der Waals surface area contributed by atoms with Crippen LogP contribution < -0.4 is 16.8 Å². The first-order chi connectivity index (χ1) is 9.08. The van der Waals surface area contributed by atoms with Crippen LogP contribution in [0.2, 0.25) is 0 Å². The summed E-state index contributed by atoms with van der Waals surface area (Å²) >= 11 is 0. The van der Waals surface area contributed by atoms with Gasteiger partial charge in [0.1, 0.15) is 18.0 Å². The van der Waals surface area contributed by atoms with Crippen LogP contribution in [0, 0.1) is 0 Å². The molecule has 19 heavy (non-hydrogen) atoms. The lowest BCUT2D eigenvalue weighted by Crippen LogP contribution is -2.15. The Bertz CT molecular complexity index is 592. The molecular formula is C11H15N7O. The highest BCUT2D eigenvalue weighted by Gasteiger charge is 2.08. The number of nitrogens with zero attached hydrogens (tertiary/aromatic N) is 4. The lowest BCUT2D eigenvalue weighted by molar-refractivity contribution is 0.100. The van der Waals surface area contributed by atoms with E-state index in [1.807, 2.05) is 11.6 Å². The van der Waals surface area contributed by atoms with Gasteiger partial charge in [0.2, 0.25) is 0 Å². The molecule has 0 saturated carbocycles. The fourth-order valence-electron chi connectivity index (χ4n) is 1.61. The Kier molecular flexibility index (Phi) is 3.60. The average molecular weight is 261 g/mol. The molecule has 0 radical (unpaired) electrons. The van der Waals surface area contributed by atoms with E-state index in [0.717, 1.165) is 5.82 Å². The molecule has 0 saturated heterocycles. The molecule has 0 aliphatic heterocycles. The van der Waals surface area contributed by atoms with Gasteiger partial charge < -0.3 is 21.4 Å². The highest BCUT2D eigenvalue weighted by Crippen LogP contribution is 2.13. The Morgan fingerprint density at radius 1 is 1.53 bits per heavy atom. The SMILES string of the molecule is Cn1cnnc1CCNc1cc(C(N)=O)c(N)cn1. The van der Waals surface area contributed by atoms with Gasteiger partial charge in [-0.1, -0.05) is 0 Å². The predicted octanol–water partition coefficient (Wildman–Crippen LogP) is -0.454. The van der Waals surface area contributed by atoms with E-state index in [0.29, 0.717) is 18.8 Å². The van der Waals surface area contributed by atoms with Gasteiger partial charge in [0.25, 0.3) is 5.91 Å². The zero-order chi connectivity index (χ0) is 13.8. The number of aryl methyl sites for hydroxylation is 1. The van der Waals surface area contributed by atoms with Crippen molar-refractivity contribution in [2.45, 2.75) is 6.42 Å². The molecule has 1 amide bonds. The number of primary amides is 1. The first kappa shape index (κ1) is 12.8. The van der Waals surface area contributed by atoms with E-state index >= 15 is 0 Å².